The van der Waals surface area contributed by atoms with Gasteiger partial charge in [-0.2, -0.15) is 0 Å². The van der Waals surface area contributed by atoms with Crippen LogP contribution in [0.2, 0.25) is 0 Å². The molecule has 0 amide bonds. The second-order valence-electron chi connectivity index (χ2n) is 8.28. The van der Waals surface area contributed by atoms with E-state index in [0.29, 0.717) is 12.0 Å². The van der Waals surface area contributed by atoms with E-state index in [1.807, 2.05) is 36.7 Å². The van der Waals surface area contributed by atoms with E-state index in [1.54, 1.807) is 0 Å². The quantitative estimate of drug-likeness (QED) is 0.499. The van der Waals surface area contributed by atoms with Gasteiger partial charge in [-0.3, -0.25) is 9.38 Å². The maximum absolute atomic E-state index is 4.71. The lowest BCUT2D eigenvalue weighted by atomic mass is 9.90. The van der Waals surface area contributed by atoms with Crippen LogP contribution in [0.4, 0.5) is 0 Å². The van der Waals surface area contributed by atoms with Crippen molar-refractivity contribution in [2.24, 2.45) is 5.92 Å². The van der Waals surface area contributed by atoms with Crippen LogP contribution in [0.5, 0.6) is 0 Å². The lowest BCUT2D eigenvalue weighted by Gasteiger charge is -2.27. The first kappa shape index (κ1) is 18.8. The average molecular weight is 395 g/mol. The standard InChI is InChI=1S/C26H26N4/c1-18(2)23-14-20(8-11-27-23)21-10-13-30-25(17-29-26(30)16-21)22-9-12-28-24(15-22)19-6-4-3-5-7-19/h3-10,12-13,15-18,23,27H,11,14H2,1-2H3. The average Bonchev–Trinajstić information content (AvgIpc) is 3.23. The Labute approximate surface area is 177 Å². The maximum Gasteiger partial charge on any atom is 0.137 e. The van der Waals surface area contributed by atoms with Crippen molar-refractivity contribution >= 4 is 11.2 Å². The summed E-state index contributed by atoms with van der Waals surface area (Å²) in [6, 6.07) is 19.4. The van der Waals surface area contributed by atoms with Crippen LogP contribution in [0.3, 0.4) is 0 Å². The summed E-state index contributed by atoms with van der Waals surface area (Å²) < 4.78 is 2.16. The van der Waals surface area contributed by atoms with Gasteiger partial charge in [0.05, 0.1) is 17.6 Å². The van der Waals surface area contributed by atoms with Gasteiger partial charge in [-0.15, -0.1) is 0 Å². The number of nitrogens with zero attached hydrogens (tertiary/aromatic N) is 3. The number of imidazole rings is 1. The molecule has 0 saturated heterocycles. The van der Waals surface area contributed by atoms with Crippen molar-refractivity contribution in [2.75, 3.05) is 6.54 Å². The topological polar surface area (TPSA) is 42.2 Å². The number of benzene rings is 1. The summed E-state index contributed by atoms with van der Waals surface area (Å²) in [4.78, 5) is 9.26. The minimum absolute atomic E-state index is 0.532. The van der Waals surface area contributed by atoms with Crippen molar-refractivity contribution < 1.29 is 0 Å². The Morgan fingerprint density at radius 2 is 1.83 bits per heavy atom. The summed E-state index contributed by atoms with van der Waals surface area (Å²) in [6.07, 6.45) is 9.34. The Morgan fingerprint density at radius 3 is 2.67 bits per heavy atom. The summed E-state index contributed by atoms with van der Waals surface area (Å²) in [5.41, 5.74) is 7.94. The van der Waals surface area contributed by atoms with Gasteiger partial charge in [0.25, 0.3) is 0 Å². The molecule has 1 unspecified atom stereocenters. The van der Waals surface area contributed by atoms with Crippen molar-refractivity contribution in [3.8, 4) is 22.5 Å². The van der Waals surface area contributed by atoms with Gasteiger partial charge in [0, 0.05) is 36.1 Å². The summed E-state index contributed by atoms with van der Waals surface area (Å²) in [7, 11) is 0. The predicted octanol–water partition coefficient (Wildman–Crippen LogP) is 5.46. The Morgan fingerprint density at radius 1 is 0.967 bits per heavy atom. The Balaban J connectivity index is 1.49. The molecule has 3 aromatic heterocycles. The third-order valence-electron chi connectivity index (χ3n) is 5.98. The molecule has 1 aliphatic heterocycles. The first-order valence-electron chi connectivity index (χ1n) is 10.6. The Bertz CT molecular complexity index is 1200. The predicted molar refractivity (Wildman–Crippen MR) is 123 cm³/mol. The van der Waals surface area contributed by atoms with Crippen LogP contribution in [-0.2, 0) is 0 Å². The second-order valence-corrected chi connectivity index (χ2v) is 8.28. The van der Waals surface area contributed by atoms with Crippen LogP contribution in [0.15, 0.2) is 79.3 Å². The lowest BCUT2D eigenvalue weighted by molar-refractivity contribution is 0.412. The van der Waals surface area contributed by atoms with E-state index >= 15 is 0 Å². The van der Waals surface area contributed by atoms with Gasteiger partial charge in [-0.1, -0.05) is 50.3 Å². The first-order valence-corrected chi connectivity index (χ1v) is 10.6. The maximum atomic E-state index is 4.71. The minimum atomic E-state index is 0.532. The highest BCUT2D eigenvalue weighted by atomic mass is 15.0. The fourth-order valence-electron chi connectivity index (χ4n) is 4.18. The van der Waals surface area contributed by atoms with E-state index in [1.165, 1.54) is 11.1 Å². The van der Waals surface area contributed by atoms with Crippen LogP contribution < -0.4 is 5.32 Å². The molecule has 0 radical (unpaired) electrons. The number of rotatable bonds is 4. The molecular formula is C26H26N4. The zero-order valence-electron chi connectivity index (χ0n) is 17.4. The van der Waals surface area contributed by atoms with Crippen LogP contribution in [0.1, 0.15) is 25.8 Å². The molecule has 5 rings (SSSR count). The molecule has 4 nitrogen and oxygen atoms in total. The van der Waals surface area contributed by atoms with E-state index in [0.717, 1.165) is 41.1 Å². The van der Waals surface area contributed by atoms with Crippen molar-refractivity contribution in [3.05, 3.63) is 84.8 Å². The highest BCUT2D eigenvalue weighted by Gasteiger charge is 2.19. The van der Waals surface area contributed by atoms with E-state index in [9.17, 15) is 0 Å². The van der Waals surface area contributed by atoms with Crippen LogP contribution in [0, 0.1) is 5.92 Å². The Kier molecular flexibility index (Phi) is 4.93. The van der Waals surface area contributed by atoms with Gasteiger partial charge in [0.15, 0.2) is 0 Å². The summed E-state index contributed by atoms with van der Waals surface area (Å²) in [5.74, 6) is 0.626. The fraction of sp³-hybridized carbons (Fsp3) is 0.231. The van der Waals surface area contributed by atoms with Gasteiger partial charge in [0.1, 0.15) is 5.65 Å². The minimum Gasteiger partial charge on any atom is -0.310 e. The monoisotopic (exact) mass is 394 g/mol. The van der Waals surface area contributed by atoms with Gasteiger partial charge in [-0.05, 0) is 47.7 Å². The molecule has 1 N–H and O–H groups in total. The number of aromatic nitrogens is 3. The number of nitrogens with one attached hydrogen (secondary N) is 1. The number of hydrogen-bond acceptors (Lipinski definition) is 3. The number of hydrogen-bond donors (Lipinski definition) is 1. The molecule has 4 aromatic rings. The van der Waals surface area contributed by atoms with E-state index < -0.39 is 0 Å². The molecule has 150 valence electrons. The van der Waals surface area contributed by atoms with Crippen molar-refractivity contribution in [3.63, 3.8) is 0 Å². The molecule has 1 aliphatic rings. The van der Waals surface area contributed by atoms with Gasteiger partial charge < -0.3 is 5.32 Å². The molecule has 0 fully saturated rings. The van der Waals surface area contributed by atoms with Crippen LogP contribution in [-0.4, -0.2) is 27.0 Å². The van der Waals surface area contributed by atoms with E-state index in [2.05, 4.69) is 71.2 Å². The van der Waals surface area contributed by atoms with Gasteiger partial charge >= 0.3 is 0 Å². The molecular weight excluding hydrogens is 368 g/mol. The molecule has 1 atom stereocenters. The van der Waals surface area contributed by atoms with E-state index in [-0.39, 0.29) is 0 Å². The third kappa shape index (κ3) is 3.55. The first-order chi connectivity index (χ1) is 14.7. The van der Waals surface area contributed by atoms with Crippen molar-refractivity contribution in [1.29, 1.82) is 0 Å². The molecule has 0 spiro atoms. The number of pyridine rings is 2. The SMILES string of the molecule is CC(C)C1CC(c2ccn3c(-c4ccnc(-c5ccccc5)c4)cnc3c2)=CCN1. The lowest BCUT2D eigenvalue weighted by Crippen LogP contribution is -2.36. The third-order valence-corrected chi connectivity index (χ3v) is 5.98. The number of fused-ring (bicyclic) bond motifs is 1. The molecule has 0 saturated carbocycles. The largest absolute Gasteiger partial charge is 0.310 e. The zero-order valence-corrected chi connectivity index (χ0v) is 17.4. The molecule has 4 heterocycles. The Hall–Kier alpha value is -3.24. The van der Waals surface area contributed by atoms with Crippen molar-refractivity contribution in [1.82, 2.24) is 19.7 Å². The smallest absolute Gasteiger partial charge is 0.137 e. The second kappa shape index (κ2) is 7.88. The van der Waals surface area contributed by atoms with Crippen LogP contribution >= 0.6 is 0 Å². The summed E-state index contributed by atoms with van der Waals surface area (Å²) >= 11 is 0. The van der Waals surface area contributed by atoms with Gasteiger partial charge in [-0.25, -0.2) is 4.98 Å². The van der Waals surface area contributed by atoms with Crippen molar-refractivity contribution in [2.45, 2.75) is 26.3 Å². The van der Waals surface area contributed by atoms with Gasteiger partial charge in [0.2, 0.25) is 0 Å². The molecule has 0 bridgehead atoms. The molecule has 0 aliphatic carbocycles. The molecule has 30 heavy (non-hydrogen) atoms. The van der Waals surface area contributed by atoms with Crippen LogP contribution in [0.25, 0.3) is 33.7 Å². The fourth-order valence-corrected chi connectivity index (χ4v) is 4.18. The molecule has 4 heteroatoms. The van der Waals surface area contributed by atoms with E-state index in [4.69, 9.17) is 4.98 Å². The highest BCUT2D eigenvalue weighted by Crippen LogP contribution is 2.29. The summed E-state index contributed by atoms with van der Waals surface area (Å²) in [6.45, 7) is 5.49. The highest BCUT2D eigenvalue weighted by molar-refractivity contribution is 5.73. The zero-order chi connectivity index (χ0) is 20.5. The summed E-state index contributed by atoms with van der Waals surface area (Å²) in [5, 5.41) is 3.60. The molecule has 1 aromatic carbocycles. The normalized spacial score (nSPS) is 16.8.